The average molecular weight is 211 g/mol. The topological polar surface area (TPSA) is 62.5 Å². The van der Waals surface area contributed by atoms with Crippen LogP contribution in [0.1, 0.15) is 37.1 Å². The molecular weight excluding hydrogens is 194 g/mol. The molecule has 1 rings (SSSR count). The minimum Gasteiger partial charge on any atom is -0.453 e. The molecule has 0 bridgehead atoms. The highest BCUT2D eigenvalue weighted by Gasteiger charge is 2.15. The smallest absolute Gasteiger partial charge is 0.287 e. The van der Waals surface area contributed by atoms with Crippen LogP contribution in [0, 0.1) is 5.41 Å². The van der Waals surface area contributed by atoms with E-state index >= 15 is 0 Å². The molecule has 0 aliphatic heterocycles. The van der Waals surface area contributed by atoms with Crippen molar-refractivity contribution in [1.29, 1.82) is 0 Å². The molecule has 0 spiro atoms. The summed E-state index contributed by atoms with van der Waals surface area (Å²) in [6.07, 6.45) is 0. The summed E-state index contributed by atoms with van der Waals surface area (Å²) in [4.78, 5) is 11.5. The predicted octanol–water partition coefficient (Wildman–Crippen LogP) is 1.55. The van der Waals surface area contributed by atoms with Crippen LogP contribution in [0.3, 0.4) is 0 Å². The number of amides is 1. The molecule has 4 heteroatoms. The molecule has 0 saturated heterocycles. The molecule has 4 nitrogen and oxygen atoms in total. The van der Waals surface area contributed by atoms with Gasteiger partial charge in [0, 0.05) is 6.54 Å². The summed E-state index contributed by atoms with van der Waals surface area (Å²) in [7, 11) is 0. The molecule has 1 aromatic rings. The van der Waals surface area contributed by atoms with E-state index in [1.165, 1.54) is 0 Å². The highest BCUT2D eigenvalue weighted by atomic mass is 16.4. The lowest BCUT2D eigenvalue weighted by Gasteiger charge is -2.17. The van der Waals surface area contributed by atoms with Crippen molar-refractivity contribution in [2.75, 3.05) is 6.54 Å². The van der Waals surface area contributed by atoms with Crippen molar-refractivity contribution in [1.82, 2.24) is 5.32 Å². The molecule has 1 amide bonds. The van der Waals surface area contributed by atoms with Gasteiger partial charge in [-0.25, -0.2) is 0 Å². The molecule has 0 aliphatic rings. The standard InChI is InChI=1S/C11H17NO3/c1-11(2,3)7-12-10(14)9-5-4-8(6-13)15-9/h4-5,13H,6-7H2,1-3H3,(H,12,14). The van der Waals surface area contributed by atoms with E-state index in [9.17, 15) is 4.79 Å². The van der Waals surface area contributed by atoms with Gasteiger partial charge in [0.1, 0.15) is 12.4 Å². The summed E-state index contributed by atoms with van der Waals surface area (Å²) in [5.74, 6) is 0.392. The van der Waals surface area contributed by atoms with Crippen LogP contribution in [0.4, 0.5) is 0 Å². The first kappa shape index (κ1) is 11.8. The Morgan fingerprint density at radius 1 is 1.47 bits per heavy atom. The van der Waals surface area contributed by atoms with E-state index < -0.39 is 0 Å². The number of furan rings is 1. The number of carbonyl (C=O) groups is 1. The van der Waals surface area contributed by atoms with Gasteiger partial charge in [-0.05, 0) is 17.5 Å². The van der Waals surface area contributed by atoms with Crippen LogP contribution in [-0.2, 0) is 6.61 Å². The zero-order valence-electron chi connectivity index (χ0n) is 9.33. The molecule has 15 heavy (non-hydrogen) atoms. The van der Waals surface area contributed by atoms with E-state index in [-0.39, 0.29) is 23.7 Å². The molecule has 0 saturated carbocycles. The highest BCUT2D eigenvalue weighted by molar-refractivity contribution is 5.91. The molecule has 0 radical (unpaired) electrons. The van der Waals surface area contributed by atoms with Gasteiger partial charge in [-0.15, -0.1) is 0 Å². The van der Waals surface area contributed by atoms with Crippen molar-refractivity contribution >= 4 is 5.91 Å². The van der Waals surface area contributed by atoms with E-state index in [0.717, 1.165) is 0 Å². The van der Waals surface area contributed by atoms with E-state index in [4.69, 9.17) is 9.52 Å². The van der Waals surface area contributed by atoms with Crippen LogP contribution in [0.15, 0.2) is 16.5 Å². The second-order valence-electron chi connectivity index (χ2n) is 4.67. The molecule has 1 aromatic heterocycles. The number of rotatable bonds is 3. The Balaban J connectivity index is 2.54. The van der Waals surface area contributed by atoms with Crippen molar-refractivity contribution in [3.8, 4) is 0 Å². The van der Waals surface area contributed by atoms with E-state index in [1.807, 2.05) is 20.8 Å². The lowest BCUT2D eigenvalue weighted by Crippen LogP contribution is -2.31. The van der Waals surface area contributed by atoms with Crippen molar-refractivity contribution in [2.45, 2.75) is 27.4 Å². The third kappa shape index (κ3) is 3.75. The summed E-state index contributed by atoms with van der Waals surface area (Å²) < 4.78 is 5.10. The van der Waals surface area contributed by atoms with Gasteiger partial charge in [0.25, 0.3) is 5.91 Å². The molecule has 0 atom stereocenters. The minimum atomic E-state index is -0.246. The number of hydrogen-bond donors (Lipinski definition) is 2. The number of aliphatic hydroxyl groups excluding tert-OH is 1. The van der Waals surface area contributed by atoms with Gasteiger partial charge in [-0.1, -0.05) is 20.8 Å². The quantitative estimate of drug-likeness (QED) is 0.797. The number of carbonyl (C=O) groups excluding carboxylic acids is 1. The lowest BCUT2D eigenvalue weighted by molar-refractivity contribution is 0.0907. The molecule has 0 fully saturated rings. The van der Waals surface area contributed by atoms with Crippen molar-refractivity contribution in [3.63, 3.8) is 0 Å². The van der Waals surface area contributed by atoms with Crippen LogP contribution < -0.4 is 5.32 Å². The fourth-order valence-electron chi connectivity index (χ4n) is 1.02. The molecule has 1 heterocycles. The Hall–Kier alpha value is -1.29. The van der Waals surface area contributed by atoms with Crippen LogP contribution in [0.25, 0.3) is 0 Å². The van der Waals surface area contributed by atoms with Gasteiger partial charge in [0.05, 0.1) is 0 Å². The fraction of sp³-hybridized carbons (Fsp3) is 0.545. The summed E-state index contributed by atoms with van der Waals surface area (Å²) in [5, 5.41) is 11.5. The number of nitrogens with one attached hydrogen (secondary N) is 1. The summed E-state index contributed by atoms with van der Waals surface area (Å²) >= 11 is 0. The Bertz CT molecular complexity index is 336. The maximum atomic E-state index is 11.5. The van der Waals surface area contributed by atoms with Crippen LogP contribution >= 0.6 is 0 Å². The number of hydrogen-bond acceptors (Lipinski definition) is 3. The molecule has 2 N–H and O–H groups in total. The molecular formula is C11H17NO3. The summed E-state index contributed by atoms with van der Waals surface area (Å²) in [6, 6.07) is 3.15. The van der Waals surface area contributed by atoms with Crippen molar-refractivity contribution < 1.29 is 14.3 Å². The normalized spacial score (nSPS) is 11.5. The molecule has 0 aliphatic carbocycles. The molecule has 0 aromatic carbocycles. The Labute approximate surface area is 89.3 Å². The van der Waals surface area contributed by atoms with Gasteiger partial charge in [0.15, 0.2) is 5.76 Å². The van der Waals surface area contributed by atoms with Crippen LogP contribution in [0.2, 0.25) is 0 Å². The second kappa shape index (κ2) is 4.49. The zero-order chi connectivity index (χ0) is 11.5. The molecule has 0 unspecified atom stereocenters. The maximum absolute atomic E-state index is 11.5. The predicted molar refractivity (Wildman–Crippen MR) is 56.4 cm³/mol. The second-order valence-corrected chi connectivity index (χ2v) is 4.67. The van der Waals surface area contributed by atoms with Gasteiger partial charge in [0.2, 0.25) is 0 Å². The molecule has 84 valence electrons. The highest BCUT2D eigenvalue weighted by Crippen LogP contribution is 2.12. The SMILES string of the molecule is CC(C)(C)CNC(=O)c1ccc(CO)o1. The first-order valence-corrected chi connectivity index (χ1v) is 4.90. The average Bonchev–Trinajstić information content (AvgIpc) is 2.61. The largest absolute Gasteiger partial charge is 0.453 e. The van der Waals surface area contributed by atoms with Crippen LogP contribution in [0.5, 0.6) is 0 Å². The van der Waals surface area contributed by atoms with Crippen molar-refractivity contribution in [3.05, 3.63) is 23.7 Å². The monoisotopic (exact) mass is 211 g/mol. The summed E-state index contributed by atoms with van der Waals surface area (Å²) in [5.41, 5.74) is 0.0437. The lowest BCUT2D eigenvalue weighted by atomic mass is 9.97. The maximum Gasteiger partial charge on any atom is 0.287 e. The van der Waals surface area contributed by atoms with Gasteiger partial charge in [-0.2, -0.15) is 0 Å². The number of aliphatic hydroxyl groups is 1. The third-order valence-electron chi connectivity index (χ3n) is 1.82. The van der Waals surface area contributed by atoms with Gasteiger partial charge in [-0.3, -0.25) is 4.79 Å². The van der Waals surface area contributed by atoms with Gasteiger partial charge < -0.3 is 14.8 Å². The van der Waals surface area contributed by atoms with E-state index in [0.29, 0.717) is 12.3 Å². The Morgan fingerprint density at radius 2 is 2.13 bits per heavy atom. The van der Waals surface area contributed by atoms with Crippen LogP contribution in [-0.4, -0.2) is 17.6 Å². The van der Waals surface area contributed by atoms with E-state index in [2.05, 4.69) is 5.32 Å². The Kier molecular flexibility index (Phi) is 3.52. The zero-order valence-corrected chi connectivity index (χ0v) is 9.33. The summed E-state index contributed by atoms with van der Waals surface area (Å²) in [6.45, 7) is 6.51. The first-order chi connectivity index (χ1) is 6.92. The third-order valence-corrected chi connectivity index (χ3v) is 1.82. The first-order valence-electron chi connectivity index (χ1n) is 4.90. The van der Waals surface area contributed by atoms with E-state index in [1.54, 1.807) is 12.1 Å². The van der Waals surface area contributed by atoms with Crippen molar-refractivity contribution in [2.24, 2.45) is 5.41 Å². The van der Waals surface area contributed by atoms with Gasteiger partial charge >= 0.3 is 0 Å². The Morgan fingerprint density at radius 3 is 2.60 bits per heavy atom. The fourth-order valence-corrected chi connectivity index (χ4v) is 1.02. The minimum absolute atomic E-state index is 0.0437.